The SMILES string of the molecule is CC(C)(C)OC(=O)N1CCC[C@H]1[C@H](COc1ccc(OCc2ccccc2)cc1OCc1ccccc1)OS(C)(=O)=O. The quantitative estimate of drug-likeness (QED) is 0.236. The van der Waals surface area contributed by atoms with Gasteiger partial charge in [0.15, 0.2) is 11.5 Å². The smallest absolute Gasteiger partial charge is 0.410 e. The lowest BCUT2D eigenvalue weighted by Crippen LogP contribution is -2.48. The largest absolute Gasteiger partial charge is 0.489 e. The molecule has 1 aliphatic rings. The lowest BCUT2D eigenvalue weighted by Gasteiger charge is -2.32. The van der Waals surface area contributed by atoms with E-state index in [0.717, 1.165) is 17.4 Å². The molecule has 3 aromatic carbocycles. The van der Waals surface area contributed by atoms with Gasteiger partial charge in [0.05, 0.1) is 12.3 Å². The summed E-state index contributed by atoms with van der Waals surface area (Å²) in [4.78, 5) is 14.4. The Hall–Kier alpha value is -3.76. The Morgan fingerprint density at radius 3 is 2.10 bits per heavy atom. The average Bonchev–Trinajstić information content (AvgIpc) is 3.44. The maximum atomic E-state index is 12.9. The topological polar surface area (TPSA) is 101 Å². The molecule has 0 bridgehead atoms. The minimum atomic E-state index is -3.86. The van der Waals surface area contributed by atoms with Crippen LogP contribution in [0, 0.1) is 0 Å². The first-order valence-electron chi connectivity index (χ1n) is 13.9. The molecule has 2 atom stereocenters. The molecule has 0 radical (unpaired) electrons. The molecule has 1 heterocycles. The molecule has 226 valence electrons. The van der Waals surface area contributed by atoms with Crippen LogP contribution >= 0.6 is 0 Å². The maximum absolute atomic E-state index is 12.9. The van der Waals surface area contributed by atoms with Crippen LogP contribution < -0.4 is 14.2 Å². The van der Waals surface area contributed by atoms with Gasteiger partial charge < -0.3 is 23.8 Å². The van der Waals surface area contributed by atoms with Crippen LogP contribution in [0.5, 0.6) is 17.2 Å². The van der Waals surface area contributed by atoms with E-state index in [4.69, 9.17) is 23.1 Å². The number of hydrogen-bond acceptors (Lipinski definition) is 8. The molecule has 0 N–H and O–H groups in total. The summed E-state index contributed by atoms with van der Waals surface area (Å²) in [6.45, 7) is 6.32. The maximum Gasteiger partial charge on any atom is 0.410 e. The van der Waals surface area contributed by atoms with E-state index in [9.17, 15) is 13.2 Å². The van der Waals surface area contributed by atoms with Gasteiger partial charge in [-0.3, -0.25) is 4.18 Å². The minimum absolute atomic E-state index is 0.136. The Morgan fingerprint density at radius 1 is 0.881 bits per heavy atom. The number of likely N-dealkylation sites (tertiary alicyclic amines) is 1. The fourth-order valence-corrected chi connectivity index (χ4v) is 5.24. The Kier molecular flexibility index (Phi) is 10.3. The molecular formula is C32H39NO8S. The zero-order valence-electron chi connectivity index (χ0n) is 24.5. The fraction of sp³-hybridized carbons (Fsp3) is 0.406. The molecule has 0 unspecified atom stereocenters. The summed E-state index contributed by atoms with van der Waals surface area (Å²) >= 11 is 0. The lowest BCUT2D eigenvalue weighted by molar-refractivity contribution is 0.00338. The number of ether oxygens (including phenoxy) is 4. The monoisotopic (exact) mass is 597 g/mol. The number of rotatable bonds is 12. The van der Waals surface area contributed by atoms with Crippen molar-refractivity contribution in [1.82, 2.24) is 4.90 Å². The van der Waals surface area contributed by atoms with E-state index >= 15 is 0 Å². The second-order valence-electron chi connectivity index (χ2n) is 11.2. The van der Waals surface area contributed by atoms with E-state index in [1.165, 1.54) is 4.90 Å². The Bertz CT molecular complexity index is 1410. The van der Waals surface area contributed by atoms with Crippen molar-refractivity contribution < 1.29 is 36.3 Å². The zero-order valence-corrected chi connectivity index (χ0v) is 25.3. The summed E-state index contributed by atoms with van der Waals surface area (Å²) < 4.78 is 53.8. The van der Waals surface area contributed by atoms with Gasteiger partial charge in [-0.15, -0.1) is 0 Å². The predicted octanol–water partition coefficient (Wildman–Crippen LogP) is 5.97. The summed E-state index contributed by atoms with van der Waals surface area (Å²) in [5, 5.41) is 0. The number of benzene rings is 3. The molecule has 4 rings (SSSR count). The molecule has 3 aromatic rings. The molecule has 1 aliphatic heterocycles. The Labute approximate surface area is 248 Å². The van der Waals surface area contributed by atoms with Gasteiger partial charge in [-0.25, -0.2) is 4.79 Å². The van der Waals surface area contributed by atoms with E-state index < -0.39 is 34.0 Å². The molecule has 0 aliphatic carbocycles. The Morgan fingerprint density at radius 2 is 1.50 bits per heavy atom. The summed E-state index contributed by atoms with van der Waals surface area (Å²) in [5.74, 6) is 1.41. The Balaban J connectivity index is 1.53. The van der Waals surface area contributed by atoms with E-state index in [1.54, 1.807) is 39.0 Å². The van der Waals surface area contributed by atoms with Gasteiger partial charge in [0, 0.05) is 12.6 Å². The van der Waals surface area contributed by atoms with Gasteiger partial charge >= 0.3 is 6.09 Å². The number of nitrogens with zero attached hydrogens (tertiary/aromatic N) is 1. The number of hydrogen-bond donors (Lipinski definition) is 0. The van der Waals surface area contributed by atoms with E-state index in [-0.39, 0.29) is 13.2 Å². The van der Waals surface area contributed by atoms with Crippen LogP contribution in [-0.4, -0.2) is 56.6 Å². The van der Waals surface area contributed by atoms with E-state index in [0.29, 0.717) is 43.2 Å². The molecule has 0 aromatic heterocycles. The average molecular weight is 598 g/mol. The highest BCUT2D eigenvalue weighted by Gasteiger charge is 2.39. The van der Waals surface area contributed by atoms with E-state index in [1.807, 2.05) is 60.7 Å². The van der Waals surface area contributed by atoms with Gasteiger partial charge in [-0.05, 0) is 56.9 Å². The summed E-state index contributed by atoms with van der Waals surface area (Å²) in [6, 6.07) is 24.2. The molecule has 42 heavy (non-hydrogen) atoms. The second-order valence-corrected chi connectivity index (χ2v) is 12.8. The molecule has 1 saturated heterocycles. The van der Waals surface area contributed by atoms with Crippen molar-refractivity contribution in [2.24, 2.45) is 0 Å². The lowest BCUT2D eigenvalue weighted by atomic mass is 10.1. The molecular weight excluding hydrogens is 558 g/mol. The first-order chi connectivity index (χ1) is 20.0. The predicted molar refractivity (Wildman–Crippen MR) is 159 cm³/mol. The molecule has 0 saturated carbocycles. The van der Waals surface area contributed by atoms with Crippen molar-refractivity contribution in [3.8, 4) is 17.2 Å². The van der Waals surface area contributed by atoms with Crippen LogP contribution in [0.2, 0.25) is 0 Å². The highest BCUT2D eigenvalue weighted by molar-refractivity contribution is 7.86. The molecule has 0 spiro atoms. The van der Waals surface area contributed by atoms with Crippen LogP contribution in [0.25, 0.3) is 0 Å². The summed E-state index contributed by atoms with van der Waals surface area (Å²) in [7, 11) is -3.86. The minimum Gasteiger partial charge on any atom is -0.489 e. The summed E-state index contributed by atoms with van der Waals surface area (Å²) in [6.07, 6.45) is 0.753. The van der Waals surface area contributed by atoms with Crippen molar-refractivity contribution in [3.05, 3.63) is 90.0 Å². The van der Waals surface area contributed by atoms with Crippen LogP contribution in [0.3, 0.4) is 0 Å². The van der Waals surface area contributed by atoms with Crippen LogP contribution in [-0.2, 0) is 32.3 Å². The number of carbonyl (C=O) groups is 1. The standard InChI is InChI=1S/C32H39NO8S/c1-32(2,3)40-31(34)33-19-11-16-27(33)30(41-42(4,35)36)23-39-28-18-17-26(37-21-24-12-7-5-8-13-24)20-29(28)38-22-25-14-9-6-10-15-25/h5-10,12-15,17-18,20,27,30H,11,16,19,21-23H2,1-4H3/t27-,30-/m0/s1. The van der Waals surface area contributed by atoms with Crippen molar-refractivity contribution in [2.75, 3.05) is 19.4 Å². The van der Waals surface area contributed by atoms with Gasteiger partial charge in [0.2, 0.25) is 0 Å². The van der Waals surface area contributed by atoms with Gasteiger partial charge in [0.1, 0.15) is 37.3 Å². The van der Waals surface area contributed by atoms with Crippen molar-refractivity contribution in [2.45, 2.75) is 64.6 Å². The second kappa shape index (κ2) is 13.9. The highest BCUT2D eigenvalue weighted by atomic mass is 32.2. The third kappa shape index (κ3) is 9.66. The normalized spacial score (nSPS) is 16.1. The van der Waals surface area contributed by atoms with E-state index in [2.05, 4.69) is 0 Å². The first-order valence-corrected chi connectivity index (χ1v) is 15.8. The molecule has 9 nitrogen and oxygen atoms in total. The van der Waals surface area contributed by atoms with Crippen LogP contribution in [0.4, 0.5) is 4.79 Å². The summed E-state index contributed by atoms with van der Waals surface area (Å²) in [5.41, 5.74) is 1.30. The zero-order chi connectivity index (χ0) is 30.2. The fourth-order valence-electron chi connectivity index (χ4n) is 4.61. The van der Waals surface area contributed by atoms with Crippen LogP contribution in [0.1, 0.15) is 44.7 Å². The highest BCUT2D eigenvalue weighted by Crippen LogP contribution is 2.34. The van der Waals surface area contributed by atoms with Crippen molar-refractivity contribution >= 4 is 16.2 Å². The van der Waals surface area contributed by atoms with Gasteiger partial charge in [-0.2, -0.15) is 8.42 Å². The first kappa shape index (κ1) is 31.2. The number of amides is 1. The third-order valence-electron chi connectivity index (χ3n) is 6.46. The third-order valence-corrected chi connectivity index (χ3v) is 7.06. The van der Waals surface area contributed by atoms with Crippen LogP contribution in [0.15, 0.2) is 78.9 Å². The number of carbonyl (C=O) groups excluding carboxylic acids is 1. The molecule has 10 heteroatoms. The van der Waals surface area contributed by atoms with Crippen molar-refractivity contribution in [3.63, 3.8) is 0 Å². The molecule has 1 amide bonds. The van der Waals surface area contributed by atoms with Gasteiger partial charge in [0.25, 0.3) is 10.1 Å². The van der Waals surface area contributed by atoms with Crippen molar-refractivity contribution in [1.29, 1.82) is 0 Å². The molecule has 1 fully saturated rings. The van der Waals surface area contributed by atoms with Gasteiger partial charge in [-0.1, -0.05) is 60.7 Å².